The zero-order valence-electron chi connectivity index (χ0n) is 11.1. The largest absolute Gasteiger partial charge is 0.207 e. The highest BCUT2D eigenvalue weighted by atomic mass is 35.5. The Bertz CT molecular complexity index is 620. The van der Waals surface area contributed by atoms with Gasteiger partial charge < -0.3 is 0 Å². The third-order valence-corrected chi connectivity index (χ3v) is 4.06. The third kappa shape index (κ3) is 2.93. The second-order valence-electron chi connectivity index (χ2n) is 4.85. The molecule has 2 aromatic rings. The maximum atomic E-state index is 13.4. The van der Waals surface area contributed by atoms with Crippen LogP contribution in [0.15, 0.2) is 30.3 Å². The van der Waals surface area contributed by atoms with Gasteiger partial charge in [-0.15, -0.1) is 11.6 Å². The molecule has 0 radical (unpaired) electrons. The van der Waals surface area contributed by atoms with Gasteiger partial charge in [-0.3, -0.25) is 0 Å². The summed E-state index contributed by atoms with van der Waals surface area (Å²) >= 11 is 12.6. The van der Waals surface area contributed by atoms with Crippen LogP contribution in [0.25, 0.3) is 0 Å². The lowest BCUT2D eigenvalue weighted by Gasteiger charge is -2.16. The number of alkyl halides is 1. The molecule has 19 heavy (non-hydrogen) atoms. The number of rotatable bonds is 2. The fourth-order valence-electron chi connectivity index (χ4n) is 2.07. The van der Waals surface area contributed by atoms with Crippen LogP contribution in [0, 0.1) is 26.6 Å². The minimum atomic E-state index is -0.369. The van der Waals surface area contributed by atoms with E-state index >= 15 is 0 Å². The monoisotopic (exact) mass is 296 g/mol. The van der Waals surface area contributed by atoms with Crippen LogP contribution in [-0.4, -0.2) is 0 Å². The first kappa shape index (κ1) is 14.4. The highest BCUT2D eigenvalue weighted by Gasteiger charge is 2.18. The van der Waals surface area contributed by atoms with Crippen molar-refractivity contribution in [1.82, 2.24) is 0 Å². The molecule has 3 heteroatoms. The molecule has 1 unspecified atom stereocenters. The smallest absolute Gasteiger partial charge is 0.127 e. The zero-order chi connectivity index (χ0) is 14.2. The lowest BCUT2D eigenvalue weighted by molar-refractivity contribution is 0.618. The van der Waals surface area contributed by atoms with E-state index < -0.39 is 0 Å². The molecule has 0 aliphatic carbocycles. The maximum Gasteiger partial charge on any atom is 0.127 e. The Balaban J connectivity index is 2.52. The Labute approximate surface area is 123 Å². The van der Waals surface area contributed by atoms with Crippen molar-refractivity contribution < 1.29 is 4.39 Å². The molecule has 0 saturated carbocycles. The minimum absolute atomic E-state index is 0.307. The Kier molecular flexibility index (Phi) is 4.17. The molecule has 0 saturated heterocycles. The molecule has 0 spiro atoms. The Hall–Kier alpha value is -1.05. The van der Waals surface area contributed by atoms with Crippen molar-refractivity contribution >= 4 is 23.2 Å². The molecule has 2 aromatic carbocycles. The van der Waals surface area contributed by atoms with Gasteiger partial charge in [0, 0.05) is 5.02 Å². The number of halogens is 3. The maximum absolute atomic E-state index is 13.4. The molecule has 0 amide bonds. The van der Waals surface area contributed by atoms with Crippen LogP contribution in [0.3, 0.4) is 0 Å². The lowest BCUT2D eigenvalue weighted by Crippen LogP contribution is -1.99. The molecule has 0 aliphatic heterocycles. The summed E-state index contributed by atoms with van der Waals surface area (Å²) in [4.78, 5) is 0. The normalized spacial score (nSPS) is 12.5. The average Bonchev–Trinajstić information content (AvgIpc) is 2.36. The summed E-state index contributed by atoms with van der Waals surface area (Å²) in [6.45, 7) is 5.74. The van der Waals surface area contributed by atoms with Crippen molar-refractivity contribution in [2.75, 3.05) is 0 Å². The van der Waals surface area contributed by atoms with Gasteiger partial charge in [0.1, 0.15) is 5.82 Å². The van der Waals surface area contributed by atoms with Gasteiger partial charge in [-0.05, 0) is 55.2 Å². The molecule has 100 valence electrons. The summed E-state index contributed by atoms with van der Waals surface area (Å²) in [5, 5.41) is -0.00398. The van der Waals surface area contributed by atoms with Crippen LogP contribution >= 0.6 is 23.2 Å². The van der Waals surface area contributed by atoms with Gasteiger partial charge in [0.15, 0.2) is 0 Å². The van der Waals surface area contributed by atoms with Gasteiger partial charge in [0.2, 0.25) is 0 Å². The van der Waals surface area contributed by atoms with Crippen LogP contribution in [0.1, 0.15) is 33.2 Å². The van der Waals surface area contributed by atoms with Gasteiger partial charge in [-0.2, -0.15) is 0 Å². The van der Waals surface area contributed by atoms with Gasteiger partial charge in [0.05, 0.1) is 5.38 Å². The van der Waals surface area contributed by atoms with Gasteiger partial charge in [0.25, 0.3) is 0 Å². The lowest BCUT2D eigenvalue weighted by atomic mass is 9.97. The van der Waals surface area contributed by atoms with Gasteiger partial charge >= 0.3 is 0 Å². The molecule has 0 bridgehead atoms. The molecule has 0 aromatic heterocycles. The predicted molar refractivity (Wildman–Crippen MR) is 79.8 cm³/mol. The minimum Gasteiger partial charge on any atom is -0.207 e. The molecule has 0 aliphatic rings. The van der Waals surface area contributed by atoms with Crippen molar-refractivity contribution in [3.63, 3.8) is 0 Å². The SMILES string of the molecule is Cc1ccc(C)c(C(Cl)c2cc(C)c(F)cc2Cl)c1. The Morgan fingerprint density at radius 3 is 2.32 bits per heavy atom. The topological polar surface area (TPSA) is 0 Å². The van der Waals surface area contributed by atoms with Crippen LogP contribution in [0.4, 0.5) is 4.39 Å². The summed E-state index contributed by atoms with van der Waals surface area (Å²) in [7, 11) is 0. The molecule has 0 N–H and O–H groups in total. The number of hydrogen-bond acceptors (Lipinski definition) is 0. The van der Waals surface area contributed by atoms with Crippen molar-refractivity contribution in [3.8, 4) is 0 Å². The number of hydrogen-bond donors (Lipinski definition) is 0. The van der Waals surface area contributed by atoms with Gasteiger partial charge in [-0.25, -0.2) is 4.39 Å². The molecule has 0 heterocycles. The predicted octanol–water partition coefficient (Wildman–Crippen LogP) is 5.73. The van der Waals surface area contributed by atoms with E-state index in [1.807, 2.05) is 32.0 Å². The summed E-state index contributed by atoms with van der Waals surface area (Å²) in [6.07, 6.45) is 0. The van der Waals surface area contributed by atoms with Crippen molar-refractivity contribution in [3.05, 3.63) is 69.0 Å². The fraction of sp³-hybridized carbons (Fsp3) is 0.250. The fourth-order valence-corrected chi connectivity index (χ4v) is 2.81. The average molecular weight is 297 g/mol. The molecular formula is C16H15Cl2F. The van der Waals surface area contributed by atoms with E-state index in [-0.39, 0.29) is 11.2 Å². The molecule has 0 fully saturated rings. The summed E-state index contributed by atoms with van der Waals surface area (Å²) in [5.74, 6) is -0.307. The van der Waals surface area contributed by atoms with E-state index in [1.165, 1.54) is 6.07 Å². The third-order valence-electron chi connectivity index (χ3n) is 3.26. The highest BCUT2D eigenvalue weighted by Crippen LogP contribution is 2.36. The van der Waals surface area contributed by atoms with Crippen LogP contribution in [0.2, 0.25) is 5.02 Å². The first-order valence-electron chi connectivity index (χ1n) is 6.07. The van der Waals surface area contributed by atoms with Crippen molar-refractivity contribution in [2.45, 2.75) is 26.1 Å². The quantitative estimate of drug-likeness (QED) is 0.621. The number of benzene rings is 2. The van der Waals surface area contributed by atoms with E-state index in [4.69, 9.17) is 23.2 Å². The van der Waals surface area contributed by atoms with E-state index in [9.17, 15) is 4.39 Å². The number of aryl methyl sites for hydroxylation is 3. The van der Waals surface area contributed by atoms with Gasteiger partial charge in [-0.1, -0.05) is 35.4 Å². The Morgan fingerprint density at radius 1 is 0.947 bits per heavy atom. The Morgan fingerprint density at radius 2 is 1.63 bits per heavy atom. The summed E-state index contributed by atoms with van der Waals surface area (Å²) in [5.41, 5.74) is 4.55. The van der Waals surface area contributed by atoms with Crippen LogP contribution in [-0.2, 0) is 0 Å². The first-order chi connectivity index (χ1) is 8.90. The second-order valence-corrected chi connectivity index (χ2v) is 5.69. The molecular weight excluding hydrogens is 282 g/mol. The van der Waals surface area contributed by atoms with Crippen molar-refractivity contribution in [2.24, 2.45) is 0 Å². The summed E-state index contributed by atoms with van der Waals surface area (Å²) in [6, 6.07) is 9.16. The molecule has 0 nitrogen and oxygen atoms in total. The first-order valence-corrected chi connectivity index (χ1v) is 6.88. The van der Waals surface area contributed by atoms with E-state index in [1.54, 1.807) is 13.0 Å². The highest BCUT2D eigenvalue weighted by molar-refractivity contribution is 6.33. The van der Waals surface area contributed by atoms with Crippen LogP contribution < -0.4 is 0 Å². The van der Waals surface area contributed by atoms with E-state index in [0.29, 0.717) is 10.6 Å². The van der Waals surface area contributed by atoms with E-state index in [2.05, 4.69) is 0 Å². The molecule has 1 atom stereocenters. The van der Waals surface area contributed by atoms with E-state index in [0.717, 1.165) is 22.3 Å². The van der Waals surface area contributed by atoms with Crippen molar-refractivity contribution in [1.29, 1.82) is 0 Å². The zero-order valence-corrected chi connectivity index (χ0v) is 12.6. The molecule has 2 rings (SSSR count). The standard InChI is InChI=1S/C16H15Cl2F/c1-9-4-5-10(2)12(6-9)16(18)13-7-11(3)15(19)8-14(13)17/h4-8,16H,1-3H3. The summed E-state index contributed by atoms with van der Waals surface area (Å²) < 4.78 is 13.4. The van der Waals surface area contributed by atoms with Crippen LogP contribution in [0.5, 0.6) is 0 Å². The second kappa shape index (κ2) is 5.52.